The summed E-state index contributed by atoms with van der Waals surface area (Å²) in [7, 11) is 0. The van der Waals surface area contributed by atoms with Gasteiger partial charge in [-0.25, -0.2) is 0 Å². The molecule has 0 spiro atoms. The van der Waals surface area contributed by atoms with E-state index in [0.29, 0.717) is 0 Å². The summed E-state index contributed by atoms with van der Waals surface area (Å²) in [4.78, 5) is 9.44. The van der Waals surface area contributed by atoms with Crippen molar-refractivity contribution in [2.75, 3.05) is 0 Å². The van der Waals surface area contributed by atoms with E-state index in [-0.39, 0.29) is 22.3 Å². The van der Waals surface area contributed by atoms with Crippen molar-refractivity contribution in [1.29, 1.82) is 0 Å². The maximum absolute atomic E-state index is 11.8. The van der Waals surface area contributed by atoms with E-state index in [4.69, 9.17) is 0 Å². The zero-order chi connectivity index (χ0) is 10.8. The molecule has 0 aromatic heterocycles. The maximum Gasteiger partial charge on any atom is 0.446 e. The molecule has 0 fully saturated rings. The van der Waals surface area contributed by atoms with Crippen LogP contribution in [0.2, 0.25) is 0 Å². The first kappa shape index (κ1) is 10.8. The van der Waals surface area contributed by atoms with E-state index in [9.17, 15) is 23.3 Å². The Labute approximate surface area is 81.1 Å². The summed E-state index contributed by atoms with van der Waals surface area (Å²) in [5.74, 6) is 0. The summed E-state index contributed by atoms with van der Waals surface area (Å²) in [6.45, 7) is 0. The second kappa shape index (κ2) is 3.87. The van der Waals surface area contributed by atoms with Gasteiger partial charge in [0.05, 0.1) is 4.92 Å². The predicted molar refractivity (Wildman–Crippen MR) is 45.0 cm³/mol. The van der Waals surface area contributed by atoms with Crippen molar-refractivity contribution in [3.8, 4) is 0 Å². The third-order valence-corrected chi connectivity index (χ3v) is 2.02. The molecule has 0 aliphatic heterocycles. The summed E-state index contributed by atoms with van der Waals surface area (Å²) in [6, 6.07) is 4.20. The van der Waals surface area contributed by atoms with Crippen LogP contribution in [0.3, 0.4) is 0 Å². The summed E-state index contributed by atoms with van der Waals surface area (Å²) < 4.78 is 35.5. The van der Waals surface area contributed by atoms with Gasteiger partial charge in [-0.05, 0) is 23.9 Å². The van der Waals surface area contributed by atoms with E-state index >= 15 is 0 Å². The van der Waals surface area contributed by atoms with Gasteiger partial charge in [-0.2, -0.15) is 13.2 Å². The van der Waals surface area contributed by atoms with Crippen LogP contribution in [0.1, 0.15) is 0 Å². The van der Waals surface area contributed by atoms with Crippen LogP contribution in [0.4, 0.5) is 18.9 Å². The molecule has 0 aliphatic rings. The standard InChI is InChI=1S/C7H4F3NO2S/c8-7(9,10)14-6-3-1-5(2-4-6)11(12)13/h1-4H. The van der Waals surface area contributed by atoms with Crippen LogP contribution in [0.15, 0.2) is 29.2 Å². The van der Waals surface area contributed by atoms with Gasteiger partial charge in [-0.3, -0.25) is 10.1 Å². The Morgan fingerprint density at radius 3 is 2.07 bits per heavy atom. The van der Waals surface area contributed by atoms with E-state index in [1.54, 1.807) is 0 Å². The average molecular weight is 223 g/mol. The minimum atomic E-state index is -4.36. The zero-order valence-electron chi connectivity index (χ0n) is 6.62. The number of hydrogen-bond donors (Lipinski definition) is 0. The van der Waals surface area contributed by atoms with E-state index in [0.717, 1.165) is 24.3 Å². The third kappa shape index (κ3) is 3.25. The van der Waals surface area contributed by atoms with Crippen molar-refractivity contribution in [2.24, 2.45) is 0 Å². The molecule has 0 aliphatic carbocycles. The van der Waals surface area contributed by atoms with Crippen molar-refractivity contribution in [2.45, 2.75) is 10.4 Å². The van der Waals surface area contributed by atoms with Gasteiger partial charge < -0.3 is 0 Å². The fourth-order valence-corrected chi connectivity index (χ4v) is 1.31. The first-order valence-electron chi connectivity index (χ1n) is 3.39. The molecular weight excluding hydrogens is 219 g/mol. The van der Waals surface area contributed by atoms with Gasteiger partial charge >= 0.3 is 5.51 Å². The monoisotopic (exact) mass is 223 g/mol. The topological polar surface area (TPSA) is 43.1 Å². The quantitative estimate of drug-likeness (QED) is 0.439. The third-order valence-electron chi connectivity index (χ3n) is 1.28. The molecular formula is C7H4F3NO2S. The van der Waals surface area contributed by atoms with Gasteiger partial charge in [0.1, 0.15) is 0 Å². The summed E-state index contributed by atoms with van der Waals surface area (Å²) in [5, 5.41) is 10.2. The van der Waals surface area contributed by atoms with Crippen molar-refractivity contribution in [1.82, 2.24) is 0 Å². The lowest BCUT2D eigenvalue weighted by molar-refractivity contribution is -0.384. The number of benzene rings is 1. The van der Waals surface area contributed by atoms with Crippen molar-refractivity contribution in [3.63, 3.8) is 0 Å². The number of nitro groups is 1. The second-order valence-corrected chi connectivity index (χ2v) is 3.44. The first-order chi connectivity index (χ1) is 6.38. The SMILES string of the molecule is O=[N+]([O-])c1ccc(SC(F)(F)F)cc1. The molecule has 0 atom stereocenters. The second-order valence-electron chi connectivity index (χ2n) is 2.30. The lowest BCUT2D eigenvalue weighted by Crippen LogP contribution is -1.98. The molecule has 0 amide bonds. The summed E-state index contributed by atoms with van der Waals surface area (Å²) in [6.07, 6.45) is 0. The smallest absolute Gasteiger partial charge is 0.258 e. The van der Waals surface area contributed by atoms with Crippen LogP contribution in [-0.4, -0.2) is 10.4 Å². The Bertz CT molecular complexity index is 336. The van der Waals surface area contributed by atoms with E-state index in [2.05, 4.69) is 0 Å². The Kier molecular flexibility index (Phi) is 3.00. The Balaban J connectivity index is 2.79. The van der Waals surface area contributed by atoms with Crippen molar-refractivity contribution < 1.29 is 18.1 Å². The normalized spacial score (nSPS) is 11.4. The molecule has 1 rings (SSSR count). The van der Waals surface area contributed by atoms with Crippen LogP contribution in [0, 0.1) is 10.1 Å². The highest BCUT2D eigenvalue weighted by atomic mass is 32.2. The number of non-ortho nitro benzene ring substituents is 1. The minimum absolute atomic E-state index is 0.0666. The molecule has 7 heteroatoms. The van der Waals surface area contributed by atoms with Crippen LogP contribution in [-0.2, 0) is 0 Å². The molecule has 1 aromatic carbocycles. The summed E-state index contributed by atoms with van der Waals surface area (Å²) in [5.41, 5.74) is -4.59. The number of thioether (sulfide) groups is 1. The Morgan fingerprint density at radius 1 is 1.21 bits per heavy atom. The van der Waals surface area contributed by atoms with Gasteiger partial charge in [0.15, 0.2) is 0 Å². The van der Waals surface area contributed by atoms with Crippen LogP contribution < -0.4 is 0 Å². The lowest BCUT2D eigenvalue weighted by Gasteiger charge is -2.04. The molecule has 0 N–H and O–H groups in total. The molecule has 0 saturated heterocycles. The molecule has 1 aromatic rings. The molecule has 0 unspecified atom stereocenters. The number of nitrogens with zero attached hydrogens (tertiary/aromatic N) is 1. The van der Waals surface area contributed by atoms with Gasteiger partial charge in [0, 0.05) is 17.0 Å². The number of halogens is 3. The van der Waals surface area contributed by atoms with E-state index in [1.807, 2.05) is 0 Å². The molecule has 0 bridgehead atoms. The highest BCUT2D eigenvalue weighted by molar-refractivity contribution is 8.00. The van der Waals surface area contributed by atoms with Gasteiger partial charge in [0.25, 0.3) is 5.69 Å². The maximum atomic E-state index is 11.8. The van der Waals surface area contributed by atoms with Crippen LogP contribution in [0.5, 0.6) is 0 Å². The van der Waals surface area contributed by atoms with Gasteiger partial charge in [-0.1, -0.05) is 0 Å². The van der Waals surface area contributed by atoms with Crippen molar-refractivity contribution in [3.05, 3.63) is 34.4 Å². The predicted octanol–water partition coefficient (Wildman–Crippen LogP) is 3.21. The van der Waals surface area contributed by atoms with Crippen LogP contribution in [0.25, 0.3) is 0 Å². The number of nitro benzene ring substituents is 1. The van der Waals surface area contributed by atoms with Gasteiger partial charge in [-0.15, -0.1) is 0 Å². The number of hydrogen-bond acceptors (Lipinski definition) is 3. The number of alkyl halides is 3. The van der Waals surface area contributed by atoms with Crippen LogP contribution >= 0.6 is 11.8 Å². The summed E-state index contributed by atoms with van der Waals surface area (Å²) >= 11 is -0.301. The Morgan fingerprint density at radius 2 is 1.71 bits per heavy atom. The zero-order valence-corrected chi connectivity index (χ0v) is 7.43. The fraction of sp³-hybridized carbons (Fsp3) is 0.143. The first-order valence-corrected chi connectivity index (χ1v) is 4.20. The van der Waals surface area contributed by atoms with E-state index < -0.39 is 10.4 Å². The highest BCUT2D eigenvalue weighted by Gasteiger charge is 2.29. The average Bonchev–Trinajstić information content (AvgIpc) is 2.02. The molecule has 14 heavy (non-hydrogen) atoms. The Hall–Kier alpha value is -1.24. The highest BCUT2D eigenvalue weighted by Crippen LogP contribution is 2.37. The molecule has 0 saturated carbocycles. The van der Waals surface area contributed by atoms with Gasteiger partial charge in [0.2, 0.25) is 0 Å². The lowest BCUT2D eigenvalue weighted by atomic mass is 10.3. The minimum Gasteiger partial charge on any atom is -0.258 e. The number of rotatable bonds is 2. The molecule has 3 nitrogen and oxygen atoms in total. The fourth-order valence-electron chi connectivity index (χ4n) is 0.770. The molecule has 76 valence electrons. The molecule has 0 heterocycles. The molecule has 0 radical (unpaired) electrons. The van der Waals surface area contributed by atoms with Crippen molar-refractivity contribution >= 4 is 17.4 Å². The van der Waals surface area contributed by atoms with E-state index in [1.165, 1.54) is 0 Å². The largest absolute Gasteiger partial charge is 0.446 e.